The number of amides is 1. The Morgan fingerprint density at radius 2 is 2.12 bits per heavy atom. The highest BCUT2D eigenvalue weighted by molar-refractivity contribution is 5.76. The van der Waals surface area contributed by atoms with Crippen molar-refractivity contribution in [1.29, 1.82) is 0 Å². The van der Waals surface area contributed by atoms with E-state index in [1.807, 2.05) is 6.07 Å². The fourth-order valence-electron chi connectivity index (χ4n) is 1.32. The zero-order chi connectivity index (χ0) is 12.0. The number of carbonyl (C=O) groups is 1. The fraction of sp³-hybridized carbons (Fsp3) is 0.417. The summed E-state index contributed by atoms with van der Waals surface area (Å²) in [6.45, 7) is 1.88. The molecule has 4 nitrogen and oxygen atoms in total. The monoisotopic (exact) mass is 223 g/mol. The van der Waals surface area contributed by atoms with Crippen molar-refractivity contribution in [1.82, 2.24) is 5.32 Å². The first-order valence-corrected chi connectivity index (χ1v) is 5.31. The number of benzene rings is 1. The number of hydrogen-bond acceptors (Lipinski definition) is 3. The lowest BCUT2D eigenvalue weighted by Gasteiger charge is -2.07. The largest absolute Gasteiger partial charge is 0.508 e. The second kappa shape index (κ2) is 6.12. The minimum absolute atomic E-state index is 0.121. The van der Waals surface area contributed by atoms with Crippen molar-refractivity contribution in [3.63, 3.8) is 0 Å². The van der Waals surface area contributed by atoms with Gasteiger partial charge in [0.05, 0.1) is 6.10 Å². The van der Waals surface area contributed by atoms with Gasteiger partial charge in [-0.15, -0.1) is 0 Å². The van der Waals surface area contributed by atoms with Crippen LogP contribution in [0.3, 0.4) is 0 Å². The maximum absolute atomic E-state index is 11.3. The zero-order valence-electron chi connectivity index (χ0n) is 9.31. The number of aryl methyl sites for hydroxylation is 1. The second-order valence-electron chi connectivity index (χ2n) is 3.78. The Hall–Kier alpha value is -1.55. The van der Waals surface area contributed by atoms with Crippen LogP contribution >= 0.6 is 0 Å². The van der Waals surface area contributed by atoms with Gasteiger partial charge in [-0.25, -0.2) is 0 Å². The van der Waals surface area contributed by atoms with Crippen LogP contribution in [-0.2, 0) is 11.2 Å². The van der Waals surface area contributed by atoms with Crippen LogP contribution in [0.25, 0.3) is 0 Å². The lowest BCUT2D eigenvalue weighted by molar-refractivity contribution is -0.121. The molecule has 88 valence electrons. The van der Waals surface area contributed by atoms with Gasteiger partial charge < -0.3 is 15.5 Å². The van der Waals surface area contributed by atoms with Crippen LogP contribution in [-0.4, -0.2) is 28.8 Å². The molecule has 0 heterocycles. The van der Waals surface area contributed by atoms with Crippen molar-refractivity contribution in [2.75, 3.05) is 6.54 Å². The molecule has 0 saturated carbocycles. The molecule has 16 heavy (non-hydrogen) atoms. The van der Waals surface area contributed by atoms with Crippen molar-refractivity contribution >= 4 is 5.91 Å². The van der Waals surface area contributed by atoms with Crippen LogP contribution in [0, 0.1) is 0 Å². The van der Waals surface area contributed by atoms with Crippen molar-refractivity contribution in [2.45, 2.75) is 25.9 Å². The van der Waals surface area contributed by atoms with E-state index >= 15 is 0 Å². The number of para-hydroxylation sites is 1. The van der Waals surface area contributed by atoms with Gasteiger partial charge in [0.2, 0.25) is 5.91 Å². The molecule has 1 atom stereocenters. The minimum Gasteiger partial charge on any atom is -0.508 e. The van der Waals surface area contributed by atoms with Gasteiger partial charge in [0.1, 0.15) is 5.75 Å². The normalized spacial score (nSPS) is 12.1. The highest BCUT2D eigenvalue weighted by atomic mass is 16.3. The molecular weight excluding hydrogens is 206 g/mol. The number of rotatable bonds is 5. The van der Waals surface area contributed by atoms with Crippen LogP contribution in [0.15, 0.2) is 24.3 Å². The number of nitrogens with one attached hydrogen (secondary N) is 1. The Labute approximate surface area is 94.9 Å². The lowest BCUT2D eigenvalue weighted by Crippen LogP contribution is -2.30. The van der Waals surface area contributed by atoms with E-state index in [1.165, 1.54) is 0 Å². The summed E-state index contributed by atoms with van der Waals surface area (Å²) in [7, 11) is 0. The van der Waals surface area contributed by atoms with Crippen LogP contribution in [0.5, 0.6) is 5.75 Å². The van der Waals surface area contributed by atoms with Crippen molar-refractivity contribution in [2.24, 2.45) is 0 Å². The Bertz CT molecular complexity index is 350. The Morgan fingerprint density at radius 3 is 2.75 bits per heavy atom. The molecule has 0 aromatic heterocycles. The predicted molar refractivity (Wildman–Crippen MR) is 61.1 cm³/mol. The SMILES string of the molecule is C[C@H](O)CNC(=O)CCc1ccccc1O. The molecule has 0 aliphatic rings. The summed E-state index contributed by atoms with van der Waals surface area (Å²) in [5, 5.41) is 21.0. The number of aromatic hydroxyl groups is 1. The number of aliphatic hydroxyl groups is 1. The van der Waals surface area contributed by atoms with Gasteiger partial charge in [0, 0.05) is 13.0 Å². The molecule has 0 aliphatic heterocycles. The Kier molecular flexibility index (Phi) is 4.79. The molecule has 1 aromatic carbocycles. The smallest absolute Gasteiger partial charge is 0.220 e. The molecule has 1 aromatic rings. The number of phenolic OH excluding ortho intramolecular Hbond substituents is 1. The molecule has 0 spiro atoms. The van der Waals surface area contributed by atoms with E-state index in [2.05, 4.69) is 5.32 Å². The van der Waals surface area contributed by atoms with Gasteiger partial charge >= 0.3 is 0 Å². The van der Waals surface area contributed by atoms with Crippen molar-refractivity contribution in [3.05, 3.63) is 29.8 Å². The number of aliphatic hydroxyl groups excluding tert-OH is 1. The first-order valence-electron chi connectivity index (χ1n) is 5.31. The molecule has 0 fully saturated rings. The van der Waals surface area contributed by atoms with Gasteiger partial charge in [-0.1, -0.05) is 18.2 Å². The maximum Gasteiger partial charge on any atom is 0.220 e. The standard InChI is InChI=1S/C12H17NO3/c1-9(14)8-13-12(16)7-6-10-4-2-3-5-11(10)15/h2-5,9,14-15H,6-8H2,1H3,(H,13,16)/t9-/m0/s1. The molecule has 3 N–H and O–H groups in total. The fourth-order valence-corrected chi connectivity index (χ4v) is 1.32. The topological polar surface area (TPSA) is 69.6 Å². The third-order valence-electron chi connectivity index (χ3n) is 2.21. The summed E-state index contributed by atoms with van der Waals surface area (Å²) in [5.41, 5.74) is 0.759. The zero-order valence-corrected chi connectivity index (χ0v) is 9.31. The highest BCUT2D eigenvalue weighted by Crippen LogP contribution is 2.16. The van der Waals surface area contributed by atoms with Gasteiger partial charge in [-0.2, -0.15) is 0 Å². The molecule has 0 radical (unpaired) electrons. The van der Waals surface area contributed by atoms with E-state index in [9.17, 15) is 9.90 Å². The highest BCUT2D eigenvalue weighted by Gasteiger charge is 2.05. The first-order chi connectivity index (χ1) is 7.59. The van der Waals surface area contributed by atoms with Gasteiger partial charge in [0.15, 0.2) is 0 Å². The Balaban J connectivity index is 2.35. The summed E-state index contributed by atoms with van der Waals surface area (Å²) >= 11 is 0. The van der Waals surface area contributed by atoms with Gasteiger partial charge in [-0.3, -0.25) is 4.79 Å². The molecule has 0 bridgehead atoms. The molecule has 1 amide bonds. The summed E-state index contributed by atoms with van der Waals surface area (Å²) in [4.78, 5) is 11.3. The third-order valence-corrected chi connectivity index (χ3v) is 2.21. The summed E-state index contributed by atoms with van der Waals surface area (Å²) in [6.07, 6.45) is 0.275. The predicted octanol–water partition coefficient (Wildman–Crippen LogP) is 0.822. The summed E-state index contributed by atoms with van der Waals surface area (Å²) < 4.78 is 0. The number of carbonyl (C=O) groups excluding carboxylic acids is 1. The number of hydrogen-bond donors (Lipinski definition) is 3. The second-order valence-corrected chi connectivity index (χ2v) is 3.78. The van der Waals surface area contributed by atoms with E-state index < -0.39 is 6.10 Å². The van der Waals surface area contributed by atoms with Gasteiger partial charge in [-0.05, 0) is 25.0 Å². The molecular formula is C12H17NO3. The molecule has 4 heteroatoms. The van der Waals surface area contributed by atoms with E-state index in [0.717, 1.165) is 5.56 Å². The van der Waals surface area contributed by atoms with Crippen molar-refractivity contribution in [3.8, 4) is 5.75 Å². The Morgan fingerprint density at radius 1 is 1.44 bits per heavy atom. The average Bonchev–Trinajstić information content (AvgIpc) is 2.25. The van der Waals surface area contributed by atoms with E-state index in [0.29, 0.717) is 12.8 Å². The first kappa shape index (κ1) is 12.5. The lowest BCUT2D eigenvalue weighted by atomic mass is 10.1. The van der Waals surface area contributed by atoms with Crippen LogP contribution in [0.2, 0.25) is 0 Å². The molecule has 1 rings (SSSR count). The number of phenols is 1. The van der Waals surface area contributed by atoms with E-state index in [1.54, 1.807) is 25.1 Å². The minimum atomic E-state index is -0.533. The van der Waals surface area contributed by atoms with E-state index in [-0.39, 0.29) is 18.2 Å². The molecule has 0 aliphatic carbocycles. The summed E-state index contributed by atoms with van der Waals surface area (Å²) in [6, 6.07) is 6.95. The molecule has 0 unspecified atom stereocenters. The average molecular weight is 223 g/mol. The molecule has 0 saturated heterocycles. The summed E-state index contributed by atoms with van der Waals surface area (Å²) in [5.74, 6) is 0.0926. The quantitative estimate of drug-likeness (QED) is 0.692. The third kappa shape index (κ3) is 4.31. The van der Waals surface area contributed by atoms with Crippen LogP contribution in [0.4, 0.5) is 0 Å². The van der Waals surface area contributed by atoms with Crippen molar-refractivity contribution < 1.29 is 15.0 Å². The van der Waals surface area contributed by atoms with Gasteiger partial charge in [0.25, 0.3) is 0 Å². The van der Waals surface area contributed by atoms with E-state index in [4.69, 9.17) is 5.11 Å². The van der Waals surface area contributed by atoms with Crippen LogP contribution < -0.4 is 5.32 Å². The maximum atomic E-state index is 11.3. The van der Waals surface area contributed by atoms with Crippen LogP contribution in [0.1, 0.15) is 18.9 Å².